The van der Waals surface area contributed by atoms with E-state index in [9.17, 15) is 0 Å². The molecule has 30 heavy (non-hydrogen) atoms. The normalized spacial score (nSPS) is 15.5. The third-order valence-corrected chi connectivity index (χ3v) is 5.43. The van der Waals surface area contributed by atoms with Crippen LogP contribution < -0.4 is 15.4 Å². The molecule has 1 fully saturated rings. The highest BCUT2D eigenvalue weighted by atomic mass is 127. The summed E-state index contributed by atoms with van der Waals surface area (Å²) in [6.07, 6.45) is 5.19. The first-order valence-electron chi connectivity index (χ1n) is 10.4. The van der Waals surface area contributed by atoms with Gasteiger partial charge in [-0.1, -0.05) is 19.1 Å². The molecule has 1 atom stereocenters. The van der Waals surface area contributed by atoms with Gasteiger partial charge in [0.05, 0.1) is 13.2 Å². The van der Waals surface area contributed by atoms with Crippen LogP contribution in [0.25, 0.3) is 0 Å². The van der Waals surface area contributed by atoms with Gasteiger partial charge in [0, 0.05) is 33.1 Å². The number of rotatable bonds is 9. The van der Waals surface area contributed by atoms with Crippen molar-refractivity contribution in [1.82, 2.24) is 30.3 Å². The van der Waals surface area contributed by atoms with Gasteiger partial charge in [-0.25, -0.2) is 0 Å². The molecular formula is C21H34IN7O. The molecule has 2 aromatic rings. The number of aliphatic imine (C=N–C) groups is 1. The summed E-state index contributed by atoms with van der Waals surface area (Å²) in [5.41, 5.74) is 1.30. The first-order valence-corrected chi connectivity index (χ1v) is 10.4. The number of methoxy groups -OCH3 is 1. The Balaban J connectivity index is 0.00000320. The second kappa shape index (κ2) is 12.7. The monoisotopic (exact) mass is 527 g/mol. The van der Waals surface area contributed by atoms with Gasteiger partial charge in [-0.05, 0) is 43.6 Å². The highest BCUT2D eigenvalue weighted by molar-refractivity contribution is 14.0. The number of halogens is 1. The van der Waals surface area contributed by atoms with Gasteiger partial charge in [-0.2, -0.15) is 0 Å². The van der Waals surface area contributed by atoms with Crippen LogP contribution in [-0.2, 0) is 13.0 Å². The van der Waals surface area contributed by atoms with Crippen LogP contribution in [0.5, 0.6) is 5.75 Å². The zero-order valence-electron chi connectivity index (χ0n) is 18.2. The zero-order chi connectivity index (χ0) is 20.5. The average Bonchev–Trinajstić information content (AvgIpc) is 3.45. The summed E-state index contributed by atoms with van der Waals surface area (Å²) in [5, 5.41) is 15.0. The molecule has 1 aliphatic rings. The molecular weight excluding hydrogens is 493 g/mol. The molecule has 9 heteroatoms. The second-order valence-electron chi connectivity index (χ2n) is 7.21. The Morgan fingerprint density at radius 3 is 2.57 bits per heavy atom. The van der Waals surface area contributed by atoms with Gasteiger partial charge < -0.3 is 19.9 Å². The molecule has 0 bridgehead atoms. The summed E-state index contributed by atoms with van der Waals surface area (Å²) < 4.78 is 7.39. The molecule has 3 rings (SSSR count). The molecule has 2 heterocycles. The van der Waals surface area contributed by atoms with Crippen LogP contribution in [0.4, 0.5) is 0 Å². The van der Waals surface area contributed by atoms with Crippen molar-refractivity contribution in [2.24, 2.45) is 4.99 Å². The third kappa shape index (κ3) is 6.56. The fourth-order valence-electron chi connectivity index (χ4n) is 3.79. The number of hydrogen-bond donors (Lipinski definition) is 2. The highest BCUT2D eigenvalue weighted by Gasteiger charge is 2.23. The molecule has 1 aromatic heterocycles. The zero-order valence-corrected chi connectivity index (χ0v) is 20.5. The van der Waals surface area contributed by atoms with E-state index in [1.165, 1.54) is 18.4 Å². The maximum absolute atomic E-state index is 5.31. The number of guanidine groups is 1. The van der Waals surface area contributed by atoms with E-state index in [4.69, 9.17) is 4.74 Å². The quantitative estimate of drug-likeness (QED) is 0.297. The van der Waals surface area contributed by atoms with Crippen LogP contribution in [0.3, 0.4) is 0 Å². The lowest BCUT2D eigenvalue weighted by Crippen LogP contribution is -2.43. The SMILES string of the molecule is CCc1nncn1CCNC(=NC)NCC(c1ccc(OC)cc1)N1CCCC1.I. The van der Waals surface area contributed by atoms with Crippen molar-refractivity contribution >= 4 is 29.9 Å². The lowest BCUT2D eigenvalue weighted by Gasteiger charge is -2.29. The molecule has 0 spiro atoms. The topological polar surface area (TPSA) is 79.6 Å². The second-order valence-corrected chi connectivity index (χ2v) is 7.21. The Labute approximate surface area is 196 Å². The Hall–Kier alpha value is -1.88. The molecule has 0 amide bonds. The minimum absolute atomic E-state index is 0. The Bertz CT molecular complexity index is 772. The van der Waals surface area contributed by atoms with Crippen molar-refractivity contribution in [3.8, 4) is 5.75 Å². The van der Waals surface area contributed by atoms with Crippen molar-refractivity contribution in [2.75, 3.05) is 40.3 Å². The molecule has 1 unspecified atom stereocenters. The van der Waals surface area contributed by atoms with E-state index in [-0.39, 0.29) is 24.0 Å². The highest BCUT2D eigenvalue weighted by Crippen LogP contribution is 2.26. The van der Waals surface area contributed by atoms with Gasteiger partial charge in [-0.3, -0.25) is 9.89 Å². The number of benzene rings is 1. The number of ether oxygens (including phenoxy) is 1. The van der Waals surface area contributed by atoms with Crippen LogP contribution in [0, 0.1) is 0 Å². The Kier molecular flexibility index (Phi) is 10.4. The lowest BCUT2D eigenvalue weighted by molar-refractivity contribution is 0.245. The van der Waals surface area contributed by atoms with Crippen molar-refractivity contribution in [3.63, 3.8) is 0 Å². The van der Waals surface area contributed by atoms with Gasteiger partial charge in [0.15, 0.2) is 5.96 Å². The number of nitrogens with one attached hydrogen (secondary N) is 2. The summed E-state index contributed by atoms with van der Waals surface area (Å²) in [5.74, 6) is 2.71. The molecule has 0 radical (unpaired) electrons. The van der Waals surface area contributed by atoms with Crippen LogP contribution in [0.1, 0.15) is 37.2 Å². The van der Waals surface area contributed by atoms with Crippen molar-refractivity contribution in [2.45, 2.75) is 38.8 Å². The first-order chi connectivity index (χ1) is 14.2. The van der Waals surface area contributed by atoms with Crippen LogP contribution in [-0.4, -0.2) is 66.0 Å². The molecule has 0 aliphatic carbocycles. The van der Waals surface area contributed by atoms with Crippen molar-refractivity contribution < 1.29 is 4.74 Å². The van der Waals surface area contributed by atoms with Crippen LogP contribution in [0.2, 0.25) is 0 Å². The number of nitrogens with zero attached hydrogens (tertiary/aromatic N) is 5. The van der Waals surface area contributed by atoms with E-state index in [1.54, 1.807) is 13.4 Å². The van der Waals surface area contributed by atoms with Gasteiger partial charge in [0.2, 0.25) is 0 Å². The van der Waals surface area contributed by atoms with E-state index >= 15 is 0 Å². The van der Waals surface area contributed by atoms with E-state index in [1.807, 2.05) is 19.2 Å². The number of likely N-dealkylation sites (tertiary alicyclic amines) is 1. The fraction of sp³-hybridized carbons (Fsp3) is 0.571. The van der Waals surface area contributed by atoms with Gasteiger partial charge in [0.1, 0.15) is 17.9 Å². The number of aryl methyl sites for hydroxylation is 1. The molecule has 166 valence electrons. The largest absolute Gasteiger partial charge is 0.497 e. The van der Waals surface area contributed by atoms with Gasteiger partial charge in [-0.15, -0.1) is 34.2 Å². The molecule has 1 aliphatic heterocycles. The van der Waals surface area contributed by atoms with E-state index < -0.39 is 0 Å². The maximum atomic E-state index is 5.31. The van der Waals surface area contributed by atoms with Gasteiger partial charge in [0.25, 0.3) is 0 Å². The number of aromatic nitrogens is 3. The maximum Gasteiger partial charge on any atom is 0.191 e. The lowest BCUT2D eigenvalue weighted by atomic mass is 10.1. The van der Waals surface area contributed by atoms with Crippen LogP contribution >= 0.6 is 24.0 Å². The van der Waals surface area contributed by atoms with E-state index in [0.717, 1.165) is 56.7 Å². The molecule has 1 saturated heterocycles. The smallest absolute Gasteiger partial charge is 0.191 e. The molecule has 8 nitrogen and oxygen atoms in total. The summed E-state index contributed by atoms with van der Waals surface area (Å²) in [6.45, 7) is 6.74. The molecule has 0 saturated carbocycles. The summed E-state index contributed by atoms with van der Waals surface area (Å²) in [4.78, 5) is 6.93. The summed E-state index contributed by atoms with van der Waals surface area (Å²) in [7, 11) is 3.51. The summed E-state index contributed by atoms with van der Waals surface area (Å²) >= 11 is 0. The standard InChI is InChI=1S/C21H33N7O.HI/c1-4-20-26-25-16-28(20)14-11-23-21(22-2)24-15-19(27-12-5-6-13-27)17-7-9-18(29-3)10-8-17;/h7-10,16,19H,4-6,11-15H2,1-3H3,(H2,22,23,24);1H. The Morgan fingerprint density at radius 2 is 1.93 bits per heavy atom. The first kappa shape index (κ1) is 24.4. The summed E-state index contributed by atoms with van der Waals surface area (Å²) in [6, 6.07) is 8.72. The minimum atomic E-state index is 0. The van der Waals surface area contributed by atoms with E-state index in [0.29, 0.717) is 6.04 Å². The van der Waals surface area contributed by atoms with Gasteiger partial charge >= 0.3 is 0 Å². The molecule has 2 N–H and O–H groups in total. The van der Waals surface area contributed by atoms with Crippen molar-refractivity contribution in [1.29, 1.82) is 0 Å². The fourth-order valence-corrected chi connectivity index (χ4v) is 3.79. The van der Waals surface area contributed by atoms with Crippen molar-refractivity contribution in [3.05, 3.63) is 42.0 Å². The third-order valence-electron chi connectivity index (χ3n) is 5.43. The Morgan fingerprint density at radius 1 is 1.20 bits per heavy atom. The molecule has 1 aromatic carbocycles. The predicted molar refractivity (Wildman–Crippen MR) is 131 cm³/mol. The number of hydrogen-bond acceptors (Lipinski definition) is 5. The van der Waals surface area contributed by atoms with Crippen LogP contribution in [0.15, 0.2) is 35.6 Å². The predicted octanol–water partition coefficient (Wildman–Crippen LogP) is 2.47. The van der Waals surface area contributed by atoms with E-state index in [2.05, 4.69) is 54.3 Å². The average molecular weight is 527 g/mol. The minimum Gasteiger partial charge on any atom is -0.497 e.